The molecule has 4 aromatic rings. The van der Waals surface area contributed by atoms with Gasteiger partial charge in [-0.25, -0.2) is 15.0 Å². The number of carbonyl (C=O) groups excluding carboxylic acids is 2. The van der Waals surface area contributed by atoms with E-state index >= 15 is 0 Å². The summed E-state index contributed by atoms with van der Waals surface area (Å²) in [6.45, 7) is 0. The maximum atomic E-state index is 12.7. The van der Waals surface area contributed by atoms with Crippen molar-refractivity contribution in [1.82, 2.24) is 35.6 Å². The van der Waals surface area contributed by atoms with Gasteiger partial charge in [-0.15, -0.1) is 0 Å². The SMILES string of the molecule is CNC(=O)CCCCCC(NC(=O)Cc1ncccn1)c1ncc(-c2ccc3ccncc3c2)[nH]1. The standard InChI is InChI=1S/C26H29N7O2/c1-27-24(34)7-4-2-3-6-21(32-25(35)15-23-29-11-5-12-30-23)26-31-17-22(33-26)19-9-8-18-10-13-28-16-20(18)14-19/h5,8-14,16-17,21H,2-4,6-7,15H2,1H3,(H,27,34)(H,31,33)(H,32,35). The summed E-state index contributed by atoms with van der Waals surface area (Å²) >= 11 is 0. The second-order valence-corrected chi connectivity index (χ2v) is 8.35. The maximum absolute atomic E-state index is 12.7. The smallest absolute Gasteiger partial charge is 0.228 e. The number of hydrogen-bond acceptors (Lipinski definition) is 6. The first-order valence-electron chi connectivity index (χ1n) is 11.8. The summed E-state index contributed by atoms with van der Waals surface area (Å²) in [5.41, 5.74) is 1.87. The number of amides is 2. The number of carbonyl (C=O) groups is 2. The number of fused-ring (bicyclic) bond motifs is 1. The molecular weight excluding hydrogens is 442 g/mol. The van der Waals surface area contributed by atoms with Gasteiger partial charge >= 0.3 is 0 Å². The number of hydrogen-bond donors (Lipinski definition) is 3. The van der Waals surface area contributed by atoms with Gasteiger partial charge in [0.15, 0.2) is 0 Å². The van der Waals surface area contributed by atoms with Crippen LogP contribution in [0.2, 0.25) is 0 Å². The van der Waals surface area contributed by atoms with Gasteiger partial charge < -0.3 is 15.6 Å². The van der Waals surface area contributed by atoms with Crippen LogP contribution < -0.4 is 10.6 Å². The van der Waals surface area contributed by atoms with Crippen LogP contribution in [0.15, 0.2) is 61.3 Å². The Bertz CT molecular complexity index is 1270. The highest BCUT2D eigenvalue weighted by atomic mass is 16.2. The molecule has 0 bridgehead atoms. The van der Waals surface area contributed by atoms with E-state index < -0.39 is 0 Å². The third-order valence-corrected chi connectivity index (χ3v) is 5.83. The molecule has 35 heavy (non-hydrogen) atoms. The predicted molar refractivity (Wildman–Crippen MR) is 133 cm³/mol. The second-order valence-electron chi connectivity index (χ2n) is 8.35. The molecule has 3 heterocycles. The molecule has 0 fully saturated rings. The fourth-order valence-electron chi connectivity index (χ4n) is 3.94. The Morgan fingerprint density at radius 2 is 1.80 bits per heavy atom. The lowest BCUT2D eigenvalue weighted by Crippen LogP contribution is -2.31. The Labute approximate surface area is 203 Å². The van der Waals surface area contributed by atoms with Gasteiger partial charge in [-0.1, -0.05) is 25.0 Å². The van der Waals surface area contributed by atoms with Gasteiger partial charge in [0, 0.05) is 49.2 Å². The molecule has 4 rings (SSSR count). The minimum atomic E-state index is -0.290. The number of aromatic nitrogens is 5. The Hall–Kier alpha value is -4.14. The topological polar surface area (TPSA) is 126 Å². The van der Waals surface area contributed by atoms with E-state index in [1.165, 1.54) is 0 Å². The molecule has 0 radical (unpaired) electrons. The second kappa shape index (κ2) is 11.8. The molecule has 9 heteroatoms. The largest absolute Gasteiger partial charge is 0.359 e. The van der Waals surface area contributed by atoms with Crippen LogP contribution in [0, 0.1) is 0 Å². The number of unbranched alkanes of at least 4 members (excludes halogenated alkanes) is 2. The lowest BCUT2D eigenvalue weighted by atomic mass is 10.1. The number of benzene rings is 1. The summed E-state index contributed by atoms with van der Waals surface area (Å²) in [7, 11) is 1.64. The minimum absolute atomic E-state index is 0.0407. The zero-order valence-corrected chi connectivity index (χ0v) is 19.7. The van der Waals surface area contributed by atoms with E-state index in [-0.39, 0.29) is 24.3 Å². The summed E-state index contributed by atoms with van der Waals surface area (Å²) in [5.74, 6) is 1.04. The summed E-state index contributed by atoms with van der Waals surface area (Å²) in [4.78, 5) is 44.7. The fourth-order valence-corrected chi connectivity index (χ4v) is 3.94. The Morgan fingerprint density at radius 1 is 0.943 bits per heavy atom. The van der Waals surface area contributed by atoms with Gasteiger partial charge in [-0.3, -0.25) is 14.6 Å². The maximum Gasteiger partial charge on any atom is 0.228 e. The summed E-state index contributed by atoms with van der Waals surface area (Å²) in [5, 5.41) is 7.89. The van der Waals surface area contributed by atoms with Crippen LogP contribution in [0.25, 0.3) is 22.0 Å². The summed E-state index contributed by atoms with van der Waals surface area (Å²) < 4.78 is 0. The summed E-state index contributed by atoms with van der Waals surface area (Å²) in [6.07, 6.45) is 12.5. The van der Waals surface area contributed by atoms with Gasteiger partial charge in [0.2, 0.25) is 11.8 Å². The molecule has 3 N–H and O–H groups in total. The van der Waals surface area contributed by atoms with Crippen LogP contribution in [-0.4, -0.2) is 43.8 Å². The average Bonchev–Trinajstić information content (AvgIpc) is 3.38. The minimum Gasteiger partial charge on any atom is -0.359 e. The van der Waals surface area contributed by atoms with Gasteiger partial charge in [-0.2, -0.15) is 0 Å². The molecular formula is C26H29N7O2. The molecule has 1 atom stereocenters. The van der Waals surface area contributed by atoms with Crippen molar-refractivity contribution < 1.29 is 9.59 Å². The van der Waals surface area contributed by atoms with Crippen LogP contribution in [0.1, 0.15) is 49.8 Å². The zero-order chi connectivity index (χ0) is 24.5. The fraction of sp³-hybridized carbons (Fsp3) is 0.308. The van der Waals surface area contributed by atoms with Crippen LogP contribution in [0.3, 0.4) is 0 Å². The van der Waals surface area contributed by atoms with E-state index in [2.05, 4.69) is 47.7 Å². The molecule has 3 aromatic heterocycles. The van der Waals surface area contributed by atoms with Crippen LogP contribution in [-0.2, 0) is 16.0 Å². The monoisotopic (exact) mass is 471 g/mol. The Morgan fingerprint density at radius 3 is 2.63 bits per heavy atom. The molecule has 0 saturated heterocycles. The highest BCUT2D eigenvalue weighted by Crippen LogP contribution is 2.25. The van der Waals surface area contributed by atoms with Gasteiger partial charge in [0.1, 0.15) is 11.6 Å². The van der Waals surface area contributed by atoms with Crippen molar-refractivity contribution in [2.45, 2.75) is 44.6 Å². The normalized spacial score (nSPS) is 11.8. The van der Waals surface area contributed by atoms with Crippen molar-refractivity contribution in [1.29, 1.82) is 0 Å². The predicted octanol–water partition coefficient (Wildman–Crippen LogP) is 3.51. The van der Waals surface area contributed by atoms with Gasteiger partial charge in [0.25, 0.3) is 0 Å². The average molecular weight is 472 g/mol. The van der Waals surface area contributed by atoms with E-state index in [4.69, 9.17) is 0 Å². The quantitative estimate of drug-likeness (QED) is 0.288. The first-order valence-corrected chi connectivity index (χ1v) is 11.8. The summed E-state index contributed by atoms with van der Waals surface area (Å²) in [6, 6.07) is 9.57. The first kappa shape index (κ1) is 24.0. The van der Waals surface area contributed by atoms with Gasteiger partial charge in [0.05, 0.1) is 24.4 Å². The Kier molecular flexibility index (Phi) is 8.11. The van der Waals surface area contributed by atoms with E-state index in [0.717, 1.165) is 41.3 Å². The lowest BCUT2D eigenvalue weighted by molar-refractivity contribution is -0.121. The highest BCUT2D eigenvalue weighted by Gasteiger charge is 2.19. The molecule has 180 valence electrons. The number of imidazole rings is 1. The molecule has 0 aliphatic carbocycles. The molecule has 0 saturated carbocycles. The molecule has 1 unspecified atom stereocenters. The number of nitrogens with zero attached hydrogens (tertiary/aromatic N) is 4. The lowest BCUT2D eigenvalue weighted by Gasteiger charge is -2.17. The molecule has 9 nitrogen and oxygen atoms in total. The van der Waals surface area contributed by atoms with E-state index in [0.29, 0.717) is 24.5 Å². The molecule has 2 amide bonds. The molecule has 0 aliphatic rings. The van der Waals surface area contributed by atoms with Crippen molar-refractivity contribution >= 4 is 22.6 Å². The Balaban J connectivity index is 1.46. The van der Waals surface area contributed by atoms with Crippen molar-refractivity contribution in [2.24, 2.45) is 0 Å². The zero-order valence-electron chi connectivity index (χ0n) is 19.7. The van der Waals surface area contributed by atoms with Crippen molar-refractivity contribution in [2.75, 3.05) is 7.05 Å². The van der Waals surface area contributed by atoms with Crippen molar-refractivity contribution in [3.8, 4) is 11.3 Å². The highest BCUT2D eigenvalue weighted by molar-refractivity contribution is 5.86. The number of pyridine rings is 1. The van der Waals surface area contributed by atoms with Crippen LogP contribution in [0.4, 0.5) is 0 Å². The molecule has 1 aromatic carbocycles. The number of rotatable bonds is 11. The third-order valence-electron chi connectivity index (χ3n) is 5.83. The van der Waals surface area contributed by atoms with E-state index in [9.17, 15) is 9.59 Å². The van der Waals surface area contributed by atoms with Crippen LogP contribution in [0.5, 0.6) is 0 Å². The number of nitrogens with one attached hydrogen (secondary N) is 3. The van der Waals surface area contributed by atoms with Crippen LogP contribution >= 0.6 is 0 Å². The number of aromatic amines is 1. The van der Waals surface area contributed by atoms with Crippen molar-refractivity contribution in [3.63, 3.8) is 0 Å². The number of H-pyrrole nitrogens is 1. The van der Waals surface area contributed by atoms with Crippen molar-refractivity contribution in [3.05, 3.63) is 73.0 Å². The third kappa shape index (κ3) is 6.69. The molecule has 0 aliphatic heterocycles. The molecule has 0 spiro atoms. The van der Waals surface area contributed by atoms with Gasteiger partial charge in [-0.05, 0) is 36.4 Å². The first-order chi connectivity index (χ1) is 17.1. The van der Waals surface area contributed by atoms with E-state index in [1.54, 1.807) is 37.9 Å². The van der Waals surface area contributed by atoms with E-state index in [1.807, 2.05) is 18.3 Å².